The Kier molecular flexibility index (Phi) is 20.4. The molecule has 0 amide bonds. The van der Waals surface area contributed by atoms with E-state index in [2.05, 4.69) is 13.8 Å². The summed E-state index contributed by atoms with van der Waals surface area (Å²) in [6, 6.07) is 39.9. The maximum atomic E-state index is 12.9. The van der Waals surface area contributed by atoms with Gasteiger partial charge in [-0.05, 0) is 159 Å². The van der Waals surface area contributed by atoms with Gasteiger partial charge in [0.25, 0.3) is 0 Å². The Hall–Kier alpha value is -7.86. The van der Waals surface area contributed by atoms with Gasteiger partial charge in [0.2, 0.25) is 0 Å². The van der Waals surface area contributed by atoms with Crippen molar-refractivity contribution >= 4 is 35.8 Å². The van der Waals surface area contributed by atoms with Gasteiger partial charge in [-0.15, -0.1) is 0 Å². The Labute approximate surface area is 421 Å². The molecule has 0 fully saturated rings. The SMILES string of the molecule is CCCCCCC(C)OC(=O)c1ccc(-c2ccc(OC(=O)c3ccc(OC(=O)CCC(=O)Oc4ccc(C(=O)Oc5ccc(-c6ccc(C(=O)OC(C)CCCCCC)cc6)cc5)cc4)cc3)cc2)cc1. The molecule has 0 aliphatic rings. The molecule has 0 radical (unpaired) electrons. The van der Waals surface area contributed by atoms with E-state index in [0.717, 1.165) is 73.6 Å². The zero-order valence-electron chi connectivity index (χ0n) is 41.4. The van der Waals surface area contributed by atoms with E-state index in [4.69, 9.17) is 28.4 Å². The molecule has 6 aromatic rings. The average molecular weight is 975 g/mol. The Morgan fingerprint density at radius 2 is 0.597 bits per heavy atom. The first-order valence-electron chi connectivity index (χ1n) is 24.8. The first-order valence-corrected chi connectivity index (χ1v) is 24.8. The number of unbranched alkanes of at least 4 members (excludes halogenated alkanes) is 6. The number of hydrogen-bond acceptors (Lipinski definition) is 12. The summed E-state index contributed by atoms with van der Waals surface area (Å²) in [5.74, 6) is -2.27. The quantitative estimate of drug-likeness (QED) is 0.0304. The highest BCUT2D eigenvalue weighted by Gasteiger charge is 2.17. The largest absolute Gasteiger partial charge is 0.459 e. The molecule has 0 aromatic heterocycles. The lowest BCUT2D eigenvalue weighted by atomic mass is 10.0. The molecule has 0 N–H and O–H groups in total. The fraction of sp³-hybridized carbons (Fsp3) is 0.300. The zero-order chi connectivity index (χ0) is 51.2. The topological polar surface area (TPSA) is 158 Å². The maximum Gasteiger partial charge on any atom is 0.343 e. The summed E-state index contributed by atoms with van der Waals surface area (Å²) in [4.78, 5) is 76.1. The van der Waals surface area contributed by atoms with Gasteiger partial charge in [-0.1, -0.05) is 101 Å². The van der Waals surface area contributed by atoms with Gasteiger partial charge in [0.15, 0.2) is 0 Å². The lowest BCUT2D eigenvalue weighted by Crippen LogP contribution is -2.15. The van der Waals surface area contributed by atoms with E-state index in [1.165, 1.54) is 61.4 Å². The van der Waals surface area contributed by atoms with E-state index >= 15 is 0 Å². The van der Waals surface area contributed by atoms with Crippen LogP contribution >= 0.6 is 0 Å². The minimum atomic E-state index is -0.681. The van der Waals surface area contributed by atoms with Crippen LogP contribution in [0, 0.1) is 0 Å². The fourth-order valence-corrected chi connectivity index (χ4v) is 7.58. The smallest absolute Gasteiger partial charge is 0.343 e. The molecular weight excluding hydrogens is 913 g/mol. The van der Waals surface area contributed by atoms with Crippen LogP contribution in [0.5, 0.6) is 23.0 Å². The molecule has 6 rings (SSSR count). The van der Waals surface area contributed by atoms with Crippen LogP contribution in [0.2, 0.25) is 0 Å². The molecule has 72 heavy (non-hydrogen) atoms. The van der Waals surface area contributed by atoms with E-state index in [-0.39, 0.29) is 59.6 Å². The third kappa shape index (κ3) is 16.9. The third-order valence-corrected chi connectivity index (χ3v) is 11.8. The minimum Gasteiger partial charge on any atom is -0.459 e. The van der Waals surface area contributed by atoms with E-state index in [9.17, 15) is 28.8 Å². The highest BCUT2D eigenvalue weighted by Crippen LogP contribution is 2.27. The predicted octanol–water partition coefficient (Wildman–Crippen LogP) is 13.8. The van der Waals surface area contributed by atoms with Crippen LogP contribution in [0.15, 0.2) is 146 Å². The number of rotatable bonds is 25. The van der Waals surface area contributed by atoms with Crippen molar-refractivity contribution in [3.8, 4) is 45.3 Å². The molecule has 2 atom stereocenters. The summed E-state index contributed by atoms with van der Waals surface area (Å²) in [7, 11) is 0. The van der Waals surface area contributed by atoms with Gasteiger partial charge in [-0.25, -0.2) is 19.2 Å². The second-order valence-electron chi connectivity index (χ2n) is 17.6. The molecule has 0 spiro atoms. The number of benzene rings is 6. The summed E-state index contributed by atoms with van der Waals surface area (Å²) >= 11 is 0. The van der Waals surface area contributed by atoms with Gasteiger partial charge in [-0.3, -0.25) is 9.59 Å². The van der Waals surface area contributed by atoms with Gasteiger partial charge >= 0.3 is 35.8 Å². The molecule has 0 saturated heterocycles. The second kappa shape index (κ2) is 27.5. The second-order valence-corrected chi connectivity index (χ2v) is 17.6. The number of esters is 6. The summed E-state index contributed by atoms with van der Waals surface area (Å²) in [5.41, 5.74) is 4.92. The lowest BCUT2D eigenvalue weighted by molar-refractivity contribution is -0.140. The highest BCUT2D eigenvalue weighted by molar-refractivity contribution is 5.93. The van der Waals surface area contributed by atoms with Crippen molar-refractivity contribution in [1.82, 2.24) is 0 Å². The van der Waals surface area contributed by atoms with Gasteiger partial charge in [0, 0.05) is 0 Å². The van der Waals surface area contributed by atoms with Gasteiger partial charge in [0.05, 0.1) is 47.3 Å². The van der Waals surface area contributed by atoms with Crippen molar-refractivity contribution in [1.29, 1.82) is 0 Å². The van der Waals surface area contributed by atoms with Gasteiger partial charge < -0.3 is 28.4 Å². The van der Waals surface area contributed by atoms with E-state index in [1.807, 2.05) is 62.4 Å². The van der Waals surface area contributed by atoms with Crippen LogP contribution in [0.4, 0.5) is 0 Å². The molecule has 2 unspecified atom stereocenters. The van der Waals surface area contributed by atoms with Gasteiger partial charge in [0.1, 0.15) is 23.0 Å². The van der Waals surface area contributed by atoms with Crippen molar-refractivity contribution in [2.45, 2.75) is 117 Å². The van der Waals surface area contributed by atoms with Crippen LogP contribution < -0.4 is 18.9 Å². The summed E-state index contributed by atoms with van der Waals surface area (Å²) < 4.78 is 33.0. The number of carbonyl (C=O) groups is 6. The van der Waals surface area contributed by atoms with Crippen LogP contribution in [0.3, 0.4) is 0 Å². The van der Waals surface area contributed by atoms with Crippen molar-refractivity contribution in [3.05, 3.63) is 168 Å². The summed E-state index contributed by atoms with van der Waals surface area (Å²) in [5, 5.41) is 0. The Morgan fingerprint density at radius 3 is 0.917 bits per heavy atom. The molecular formula is C60H62O12. The van der Waals surface area contributed by atoms with Crippen molar-refractivity contribution < 1.29 is 57.2 Å². The molecule has 0 saturated carbocycles. The molecule has 12 heteroatoms. The minimum absolute atomic E-state index is 0.143. The Balaban J connectivity index is 0.878. The van der Waals surface area contributed by atoms with Crippen LogP contribution in [0.1, 0.15) is 146 Å². The first-order chi connectivity index (χ1) is 34.9. The number of ether oxygens (including phenoxy) is 6. The van der Waals surface area contributed by atoms with Crippen molar-refractivity contribution in [2.75, 3.05) is 0 Å². The first kappa shape index (κ1) is 53.5. The zero-order valence-corrected chi connectivity index (χ0v) is 41.4. The van der Waals surface area contributed by atoms with Crippen LogP contribution in [-0.4, -0.2) is 48.0 Å². The summed E-state index contributed by atoms with van der Waals surface area (Å²) in [6.07, 6.45) is 9.87. The molecule has 0 aliphatic carbocycles. The van der Waals surface area contributed by atoms with E-state index < -0.39 is 23.9 Å². The third-order valence-electron chi connectivity index (χ3n) is 11.8. The number of carbonyl (C=O) groups excluding carboxylic acids is 6. The van der Waals surface area contributed by atoms with Crippen molar-refractivity contribution in [2.24, 2.45) is 0 Å². The lowest BCUT2D eigenvalue weighted by Gasteiger charge is -2.13. The molecule has 0 bridgehead atoms. The van der Waals surface area contributed by atoms with E-state index in [1.54, 1.807) is 48.5 Å². The normalized spacial score (nSPS) is 11.7. The average Bonchev–Trinajstić information content (AvgIpc) is 3.39. The molecule has 374 valence electrons. The van der Waals surface area contributed by atoms with Crippen molar-refractivity contribution in [3.63, 3.8) is 0 Å². The fourth-order valence-electron chi connectivity index (χ4n) is 7.58. The predicted molar refractivity (Wildman–Crippen MR) is 274 cm³/mol. The maximum absolute atomic E-state index is 12.9. The molecule has 12 nitrogen and oxygen atoms in total. The molecule has 0 aliphatic heterocycles. The standard InChI is InChI=1S/C60H62O12/c1-5-7-9-11-13-41(3)67-57(63)47-19-15-43(16-20-47)45-23-31-53(32-24-45)71-59(65)49-27-35-51(36-28-49)69-55(61)39-40-56(62)70-52-37-29-50(30-38-52)60(66)72-54-33-25-46(26-34-54)44-17-21-48(22-18-44)58(64)68-42(4)14-12-10-8-6-2/h15-38,41-42H,5-14,39-40H2,1-4H3. The molecule has 6 aromatic carbocycles. The monoisotopic (exact) mass is 974 g/mol. The van der Waals surface area contributed by atoms with E-state index in [0.29, 0.717) is 22.6 Å². The summed E-state index contributed by atoms with van der Waals surface area (Å²) in [6.45, 7) is 8.17. The number of hydrogen-bond donors (Lipinski definition) is 0. The van der Waals surface area contributed by atoms with Crippen LogP contribution in [-0.2, 0) is 19.1 Å². The van der Waals surface area contributed by atoms with Gasteiger partial charge in [-0.2, -0.15) is 0 Å². The molecule has 0 heterocycles. The van der Waals surface area contributed by atoms with Crippen LogP contribution in [0.25, 0.3) is 22.3 Å². The Morgan fingerprint density at radius 1 is 0.333 bits per heavy atom. The highest BCUT2D eigenvalue weighted by atomic mass is 16.6. The Bertz CT molecular complexity index is 2520.